The lowest BCUT2D eigenvalue weighted by Gasteiger charge is -2.08. The van der Waals surface area contributed by atoms with Crippen molar-refractivity contribution in [2.45, 2.75) is 39.7 Å². The van der Waals surface area contributed by atoms with Gasteiger partial charge in [-0.05, 0) is 36.6 Å². The van der Waals surface area contributed by atoms with Gasteiger partial charge in [0.1, 0.15) is 17.1 Å². The van der Waals surface area contributed by atoms with E-state index in [-0.39, 0.29) is 17.1 Å². The molecule has 0 spiro atoms. The van der Waals surface area contributed by atoms with E-state index in [9.17, 15) is 19.8 Å². The monoisotopic (exact) mass is 355 g/mol. The molecular weight excluding hydrogens is 330 g/mol. The number of rotatable bonds is 6. The van der Waals surface area contributed by atoms with Gasteiger partial charge in [-0.1, -0.05) is 50.1 Å². The summed E-state index contributed by atoms with van der Waals surface area (Å²) in [5, 5.41) is 22.1. The molecule has 1 aliphatic rings. The van der Waals surface area contributed by atoms with Crippen molar-refractivity contribution in [3.63, 3.8) is 0 Å². The quantitative estimate of drug-likeness (QED) is 0.316. The van der Waals surface area contributed by atoms with Gasteiger partial charge < -0.3 is 15.5 Å². The lowest BCUT2D eigenvalue weighted by molar-refractivity contribution is -0.117. The van der Waals surface area contributed by atoms with Crippen molar-refractivity contribution in [1.82, 2.24) is 5.32 Å². The fourth-order valence-electron chi connectivity index (χ4n) is 2.75. The summed E-state index contributed by atoms with van der Waals surface area (Å²) in [5.74, 6) is -0.754. The number of phenols is 1. The van der Waals surface area contributed by atoms with E-state index in [0.717, 1.165) is 17.6 Å². The Labute approximate surface area is 153 Å². The molecule has 0 saturated carbocycles. The second-order valence-electron chi connectivity index (χ2n) is 6.65. The van der Waals surface area contributed by atoms with Gasteiger partial charge >= 0.3 is 0 Å². The first-order chi connectivity index (χ1) is 12.3. The fourth-order valence-corrected chi connectivity index (χ4v) is 2.75. The number of carbonyl (C=O) groups excluding carboxylic acids is 2. The molecule has 1 saturated heterocycles. The van der Waals surface area contributed by atoms with Crippen LogP contribution >= 0.6 is 0 Å². The highest BCUT2D eigenvalue weighted by Gasteiger charge is 2.37. The highest BCUT2D eigenvalue weighted by atomic mass is 16.3. The van der Waals surface area contributed by atoms with Gasteiger partial charge in [0.25, 0.3) is 5.91 Å². The zero-order valence-corrected chi connectivity index (χ0v) is 15.3. The number of phenolic OH excluding ortho intramolecular Hbond substituents is 1. The molecule has 2 rings (SSSR count). The van der Waals surface area contributed by atoms with Gasteiger partial charge in [-0.2, -0.15) is 0 Å². The summed E-state index contributed by atoms with van der Waals surface area (Å²) in [7, 11) is 0. The first-order valence-electron chi connectivity index (χ1n) is 8.74. The summed E-state index contributed by atoms with van der Waals surface area (Å²) >= 11 is 0. The number of Topliss-reactive ketones (excluding diaryl/α,β-unsaturated/α-hetero) is 1. The van der Waals surface area contributed by atoms with E-state index < -0.39 is 17.7 Å². The zero-order valence-electron chi connectivity index (χ0n) is 15.3. The normalized spacial score (nSPS) is 21.2. The molecular formula is C21H25NO4. The van der Waals surface area contributed by atoms with Crippen LogP contribution in [0.2, 0.25) is 0 Å². The van der Waals surface area contributed by atoms with Crippen LogP contribution in [0.25, 0.3) is 0 Å². The number of ketones is 1. The van der Waals surface area contributed by atoms with Gasteiger partial charge in [0.15, 0.2) is 5.78 Å². The van der Waals surface area contributed by atoms with Crippen LogP contribution in [0.5, 0.6) is 5.75 Å². The van der Waals surface area contributed by atoms with E-state index in [0.29, 0.717) is 12.3 Å². The molecule has 0 aromatic heterocycles. The summed E-state index contributed by atoms with van der Waals surface area (Å²) in [6, 6.07) is 5.73. The summed E-state index contributed by atoms with van der Waals surface area (Å²) in [5.41, 5.74) is 1.56. The van der Waals surface area contributed by atoms with Crippen molar-refractivity contribution in [1.29, 1.82) is 0 Å². The lowest BCUT2D eigenvalue weighted by atomic mass is 10.0. The minimum atomic E-state index is -0.714. The van der Waals surface area contributed by atoms with Crippen LogP contribution in [-0.2, 0) is 16.0 Å². The average Bonchev–Trinajstić information content (AvgIpc) is 2.88. The van der Waals surface area contributed by atoms with E-state index in [4.69, 9.17) is 0 Å². The number of aliphatic hydroxyl groups is 1. The van der Waals surface area contributed by atoms with Crippen molar-refractivity contribution >= 4 is 11.7 Å². The Balaban J connectivity index is 2.14. The average molecular weight is 355 g/mol. The van der Waals surface area contributed by atoms with Gasteiger partial charge in [0, 0.05) is 6.42 Å². The van der Waals surface area contributed by atoms with Crippen LogP contribution in [-0.4, -0.2) is 27.9 Å². The van der Waals surface area contributed by atoms with Crippen LogP contribution in [0.4, 0.5) is 0 Å². The van der Waals surface area contributed by atoms with Gasteiger partial charge in [0.2, 0.25) is 0 Å². The second kappa shape index (κ2) is 8.52. The highest BCUT2D eigenvalue weighted by molar-refractivity contribution is 6.27. The van der Waals surface area contributed by atoms with Crippen LogP contribution < -0.4 is 5.32 Å². The van der Waals surface area contributed by atoms with E-state index in [1.54, 1.807) is 18.2 Å². The third-order valence-corrected chi connectivity index (χ3v) is 4.42. The van der Waals surface area contributed by atoms with Gasteiger partial charge in [-0.15, -0.1) is 0 Å². The number of benzene rings is 1. The van der Waals surface area contributed by atoms with E-state index in [2.05, 4.69) is 25.2 Å². The predicted octanol–water partition coefficient (Wildman–Crippen LogP) is 3.36. The predicted molar refractivity (Wildman–Crippen MR) is 101 cm³/mol. The minimum Gasteiger partial charge on any atom is -0.508 e. The molecule has 3 N–H and O–H groups in total. The molecule has 0 aliphatic carbocycles. The number of allylic oxidation sites excluding steroid dienone is 4. The molecule has 1 aliphatic heterocycles. The lowest BCUT2D eigenvalue weighted by Crippen LogP contribution is -2.31. The SMILES string of the molecule is CC[C@@H](C)/C=C(C)/C=C/C(O)=C1C(=O)N[C@@H](Cc2ccc(O)cc2)C1=O. The van der Waals surface area contributed by atoms with Gasteiger partial charge in [0.05, 0.1) is 6.04 Å². The number of nitrogens with one attached hydrogen (secondary N) is 1. The van der Waals surface area contributed by atoms with Gasteiger partial charge in [-0.25, -0.2) is 0 Å². The summed E-state index contributed by atoms with van der Waals surface area (Å²) in [4.78, 5) is 24.6. The van der Waals surface area contributed by atoms with E-state index in [1.807, 2.05) is 6.92 Å². The largest absolute Gasteiger partial charge is 0.508 e. The number of amides is 1. The molecule has 0 unspecified atom stereocenters. The fraction of sp³-hybridized carbons (Fsp3) is 0.333. The maximum atomic E-state index is 12.5. The molecule has 1 amide bonds. The van der Waals surface area contributed by atoms with E-state index in [1.165, 1.54) is 18.2 Å². The van der Waals surface area contributed by atoms with E-state index >= 15 is 0 Å². The van der Waals surface area contributed by atoms with Crippen molar-refractivity contribution in [3.05, 3.63) is 65.0 Å². The van der Waals surface area contributed by atoms with Crippen molar-refractivity contribution < 1.29 is 19.8 Å². The number of hydrogen-bond acceptors (Lipinski definition) is 4. The Morgan fingerprint density at radius 2 is 1.88 bits per heavy atom. The Hall–Kier alpha value is -2.82. The van der Waals surface area contributed by atoms with Crippen molar-refractivity contribution in [2.24, 2.45) is 5.92 Å². The molecule has 138 valence electrons. The molecule has 1 aromatic rings. The second-order valence-corrected chi connectivity index (χ2v) is 6.65. The third-order valence-electron chi connectivity index (χ3n) is 4.42. The number of aromatic hydroxyl groups is 1. The highest BCUT2D eigenvalue weighted by Crippen LogP contribution is 2.19. The Kier molecular flexibility index (Phi) is 6.39. The topological polar surface area (TPSA) is 86.6 Å². The molecule has 26 heavy (non-hydrogen) atoms. The molecule has 0 radical (unpaired) electrons. The van der Waals surface area contributed by atoms with Gasteiger partial charge in [-0.3, -0.25) is 9.59 Å². The van der Waals surface area contributed by atoms with Crippen LogP contribution in [0.3, 0.4) is 0 Å². The summed E-state index contributed by atoms with van der Waals surface area (Å²) in [6.45, 7) is 6.09. The van der Waals surface area contributed by atoms with Crippen LogP contribution in [0.1, 0.15) is 32.8 Å². The smallest absolute Gasteiger partial charge is 0.259 e. The summed E-state index contributed by atoms with van der Waals surface area (Å²) in [6.07, 6.45) is 6.47. The maximum Gasteiger partial charge on any atom is 0.259 e. The number of aliphatic hydroxyl groups excluding tert-OH is 1. The molecule has 1 heterocycles. The van der Waals surface area contributed by atoms with Crippen molar-refractivity contribution in [3.8, 4) is 5.75 Å². The molecule has 1 aromatic carbocycles. The Bertz CT molecular complexity index is 772. The van der Waals surface area contributed by atoms with Crippen LogP contribution in [0, 0.1) is 5.92 Å². The minimum absolute atomic E-state index is 0.139. The summed E-state index contributed by atoms with van der Waals surface area (Å²) < 4.78 is 0. The molecule has 5 nitrogen and oxygen atoms in total. The van der Waals surface area contributed by atoms with Crippen LogP contribution in [0.15, 0.2) is 59.4 Å². The molecule has 5 heteroatoms. The zero-order chi connectivity index (χ0) is 19.3. The third kappa shape index (κ3) is 4.85. The number of hydrogen-bond donors (Lipinski definition) is 3. The number of carbonyl (C=O) groups is 2. The first kappa shape index (κ1) is 19.5. The Morgan fingerprint density at radius 1 is 1.23 bits per heavy atom. The first-order valence-corrected chi connectivity index (χ1v) is 8.74. The molecule has 1 fully saturated rings. The molecule has 2 atom stereocenters. The Morgan fingerprint density at radius 3 is 2.50 bits per heavy atom. The maximum absolute atomic E-state index is 12.5. The standard InChI is InChI=1S/C21H25NO4/c1-4-13(2)11-14(3)5-10-18(24)19-20(25)17(22-21(19)26)12-15-6-8-16(23)9-7-15/h5-11,13,17,23-24H,4,12H2,1-3H3,(H,22,26)/b10-5+,14-11+,19-18?/t13-,17+/m1/s1. The molecule has 0 bridgehead atoms. The van der Waals surface area contributed by atoms with Crippen molar-refractivity contribution in [2.75, 3.05) is 0 Å².